The van der Waals surface area contributed by atoms with Crippen LogP contribution in [0.25, 0.3) is 22.0 Å². The molecule has 1 saturated heterocycles. The Bertz CT molecular complexity index is 1490. The van der Waals surface area contributed by atoms with Crippen molar-refractivity contribution in [2.24, 2.45) is 0 Å². The molecule has 2 N–H and O–H groups in total. The van der Waals surface area contributed by atoms with E-state index in [1.54, 1.807) is 0 Å². The van der Waals surface area contributed by atoms with Crippen LogP contribution in [0.5, 0.6) is 0 Å². The van der Waals surface area contributed by atoms with Gasteiger partial charge in [-0.15, -0.1) is 0 Å². The maximum atomic E-state index is 13.8. The number of ketones is 1. The highest BCUT2D eigenvalue weighted by Crippen LogP contribution is 2.33. The van der Waals surface area contributed by atoms with E-state index < -0.39 is 0 Å². The molecule has 7 nitrogen and oxygen atoms in total. The predicted molar refractivity (Wildman–Crippen MR) is 163 cm³/mol. The van der Waals surface area contributed by atoms with E-state index in [-0.39, 0.29) is 24.3 Å². The molecule has 0 atom stereocenters. The summed E-state index contributed by atoms with van der Waals surface area (Å²) < 4.78 is 2.23. The van der Waals surface area contributed by atoms with Crippen LogP contribution in [0.1, 0.15) is 68.9 Å². The van der Waals surface area contributed by atoms with Gasteiger partial charge in [0, 0.05) is 85.2 Å². The molecular weight excluding hydrogens is 498 g/mol. The van der Waals surface area contributed by atoms with Crippen LogP contribution in [-0.2, 0) is 4.79 Å². The number of fused-ring (bicyclic) bond motifs is 1. The maximum absolute atomic E-state index is 13.8. The van der Waals surface area contributed by atoms with Crippen LogP contribution in [0.3, 0.4) is 0 Å². The number of anilines is 1. The minimum absolute atomic E-state index is 0.112. The van der Waals surface area contributed by atoms with Gasteiger partial charge in [-0.2, -0.15) is 0 Å². The normalized spacial score (nSPS) is 16.2. The number of aromatic nitrogens is 2. The highest BCUT2D eigenvalue weighted by atomic mass is 16.2. The molecule has 1 aliphatic carbocycles. The van der Waals surface area contributed by atoms with Gasteiger partial charge in [0.2, 0.25) is 0 Å². The van der Waals surface area contributed by atoms with Crippen LogP contribution >= 0.6 is 0 Å². The number of aryl methyl sites for hydroxylation is 1. The van der Waals surface area contributed by atoms with Gasteiger partial charge in [-0.1, -0.05) is 25.0 Å². The van der Waals surface area contributed by atoms with Gasteiger partial charge in [0.25, 0.3) is 5.91 Å². The van der Waals surface area contributed by atoms with E-state index in [1.807, 2.05) is 19.2 Å². The number of rotatable bonds is 8. The highest BCUT2D eigenvalue weighted by molar-refractivity contribution is 6.10. The average molecular weight is 540 g/mol. The lowest BCUT2D eigenvalue weighted by Gasteiger charge is -2.28. The molecule has 3 heterocycles. The number of piperazine rings is 1. The first-order valence-electron chi connectivity index (χ1n) is 14.5. The Hall–Kier alpha value is -3.71. The third kappa shape index (κ3) is 5.61. The molecule has 1 fully saturated rings. The van der Waals surface area contributed by atoms with Gasteiger partial charge in [0.05, 0.1) is 0 Å². The van der Waals surface area contributed by atoms with Crippen LogP contribution in [-0.4, -0.2) is 54.0 Å². The van der Waals surface area contributed by atoms with Crippen LogP contribution in [0.15, 0.2) is 59.5 Å². The Morgan fingerprint density at radius 3 is 2.58 bits per heavy atom. The smallest absolute Gasteiger partial charge is 0.252 e. The van der Waals surface area contributed by atoms with E-state index in [1.165, 1.54) is 0 Å². The Morgan fingerprint density at radius 2 is 1.90 bits per heavy atom. The number of allylic oxidation sites excluding steroid dienone is 3. The highest BCUT2D eigenvalue weighted by Gasteiger charge is 2.23. The number of amides is 1. The van der Waals surface area contributed by atoms with Crippen LogP contribution in [0.4, 0.5) is 5.82 Å². The van der Waals surface area contributed by atoms with Crippen molar-refractivity contribution in [1.82, 2.24) is 20.2 Å². The zero-order valence-corrected chi connectivity index (χ0v) is 24.4. The number of pyridine rings is 1. The number of hydrogen-bond acceptors (Lipinski definition) is 5. The lowest BCUT2D eigenvalue weighted by atomic mass is 9.89. The molecule has 0 saturated carbocycles. The maximum Gasteiger partial charge on any atom is 0.252 e. The molecule has 5 rings (SSSR count). The van der Waals surface area contributed by atoms with Crippen molar-refractivity contribution in [3.8, 4) is 11.1 Å². The number of benzene rings is 1. The largest absolute Gasteiger partial charge is 0.354 e. The second kappa shape index (κ2) is 11.8. The summed E-state index contributed by atoms with van der Waals surface area (Å²) >= 11 is 0. The summed E-state index contributed by atoms with van der Waals surface area (Å²) in [6.07, 6.45) is 8.37. The molecule has 1 aromatic carbocycles. The summed E-state index contributed by atoms with van der Waals surface area (Å²) in [5.41, 5.74) is 7.51. The van der Waals surface area contributed by atoms with Crippen LogP contribution < -0.4 is 15.5 Å². The van der Waals surface area contributed by atoms with Crippen molar-refractivity contribution < 1.29 is 9.59 Å². The number of nitrogens with one attached hydrogen (secondary N) is 2. The van der Waals surface area contributed by atoms with Gasteiger partial charge in [0.1, 0.15) is 5.82 Å². The van der Waals surface area contributed by atoms with Gasteiger partial charge in [0.15, 0.2) is 5.78 Å². The number of carbonyl (C=O) groups is 2. The summed E-state index contributed by atoms with van der Waals surface area (Å²) in [7, 11) is 0. The Balaban J connectivity index is 1.51. The summed E-state index contributed by atoms with van der Waals surface area (Å²) in [5, 5.41) is 7.44. The van der Waals surface area contributed by atoms with E-state index in [2.05, 4.69) is 78.3 Å². The van der Waals surface area contributed by atoms with Gasteiger partial charge in [-0.25, -0.2) is 4.98 Å². The zero-order valence-electron chi connectivity index (χ0n) is 24.4. The monoisotopic (exact) mass is 539 g/mol. The lowest BCUT2D eigenvalue weighted by molar-refractivity contribution is -0.115. The van der Waals surface area contributed by atoms with E-state index in [0.717, 1.165) is 89.2 Å². The summed E-state index contributed by atoms with van der Waals surface area (Å²) in [5.74, 6) is 0.924. The van der Waals surface area contributed by atoms with Crippen LogP contribution in [0, 0.1) is 6.92 Å². The molecule has 2 aliphatic rings. The molecule has 0 unspecified atom stereocenters. The minimum atomic E-state index is -0.163. The number of hydrogen-bond donors (Lipinski definition) is 2. The number of carbonyl (C=O) groups excluding carboxylic acids is 2. The molecule has 3 aromatic rings. The van der Waals surface area contributed by atoms with Crippen molar-refractivity contribution in [3.63, 3.8) is 0 Å². The first-order chi connectivity index (χ1) is 19.3. The summed E-state index contributed by atoms with van der Waals surface area (Å²) in [6.45, 7) is 14.5. The molecule has 210 valence electrons. The topological polar surface area (TPSA) is 79.3 Å². The number of Topliss-reactive ketones (excluding diaryl/α,β-unsaturated/α-hetero) is 1. The average Bonchev–Trinajstić information content (AvgIpc) is 3.29. The quantitative estimate of drug-likeness (QED) is 0.381. The van der Waals surface area contributed by atoms with Gasteiger partial charge in [-0.3, -0.25) is 9.59 Å². The van der Waals surface area contributed by atoms with E-state index in [4.69, 9.17) is 4.98 Å². The Labute approximate surface area is 237 Å². The third-order valence-electron chi connectivity index (χ3n) is 7.98. The van der Waals surface area contributed by atoms with Crippen molar-refractivity contribution in [2.45, 2.75) is 59.9 Å². The van der Waals surface area contributed by atoms with Crippen molar-refractivity contribution >= 4 is 28.4 Å². The third-order valence-corrected chi connectivity index (χ3v) is 7.98. The summed E-state index contributed by atoms with van der Waals surface area (Å²) in [4.78, 5) is 33.8. The molecule has 2 aromatic heterocycles. The second-order valence-corrected chi connectivity index (χ2v) is 11.4. The molecule has 0 spiro atoms. The van der Waals surface area contributed by atoms with Gasteiger partial charge >= 0.3 is 0 Å². The molecule has 0 radical (unpaired) electrons. The Morgan fingerprint density at radius 1 is 1.12 bits per heavy atom. The SMILES string of the molecule is CCCC1=C(CNC(=O)c2cc(-c3ccc(N4CCNCC4)nc3)cc3c2c(C)cn3C(C)C)C(=O)CC(C)=C1. The van der Waals surface area contributed by atoms with Gasteiger partial charge in [-0.05, 0) is 75.1 Å². The fourth-order valence-corrected chi connectivity index (χ4v) is 5.94. The van der Waals surface area contributed by atoms with Crippen LogP contribution in [0.2, 0.25) is 0 Å². The fraction of sp³-hybridized carbons (Fsp3) is 0.424. The van der Waals surface area contributed by atoms with Crippen molar-refractivity contribution in [2.75, 3.05) is 37.6 Å². The lowest BCUT2D eigenvalue weighted by Crippen LogP contribution is -2.43. The fourth-order valence-electron chi connectivity index (χ4n) is 5.94. The molecule has 0 bridgehead atoms. The van der Waals surface area contributed by atoms with E-state index >= 15 is 0 Å². The Kier molecular flexibility index (Phi) is 8.22. The molecule has 40 heavy (non-hydrogen) atoms. The van der Waals surface area contributed by atoms with E-state index in [0.29, 0.717) is 12.0 Å². The molecule has 1 amide bonds. The first kappa shape index (κ1) is 27.8. The molecule has 7 heteroatoms. The standard InChI is InChI=1S/C33H41N5O2/c1-6-7-24-14-22(4)15-30(39)28(24)19-36-33(40)27-16-26(17-29-32(27)23(5)20-38(29)21(2)3)25-8-9-31(35-18-25)37-12-10-34-11-13-37/h8-9,14,16-18,20-21,34H,6-7,10-13,15,19H2,1-5H3,(H,36,40). The van der Waals surface area contributed by atoms with Crippen molar-refractivity contribution in [3.05, 3.63) is 70.6 Å². The summed E-state index contributed by atoms with van der Waals surface area (Å²) in [6, 6.07) is 8.56. The minimum Gasteiger partial charge on any atom is -0.354 e. The molecular formula is C33H41N5O2. The number of nitrogens with zero attached hydrogens (tertiary/aromatic N) is 3. The van der Waals surface area contributed by atoms with E-state index in [9.17, 15) is 9.59 Å². The second-order valence-electron chi connectivity index (χ2n) is 11.4. The predicted octanol–water partition coefficient (Wildman–Crippen LogP) is 5.75. The van der Waals surface area contributed by atoms with Gasteiger partial charge < -0.3 is 20.1 Å². The first-order valence-corrected chi connectivity index (χ1v) is 14.5. The van der Waals surface area contributed by atoms with Crippen molar-refractivity contribution in [1.29, 1.82) is 0 Å². The molecule has 1 aliphatic heterocycles. The zero-order chi connectivity index (χ0) is 28.4.